The largest absolute Gasteiger partial charge is 0.388 e. The second-order valence-corrected chi connectivity index (χ2v) is 3.67. The molecular weight excluding hydrogens is 224 g/mol. The summed E-state index contributed by atoms with van der Waals surface area (Å²) >= 11 is 4.84. The van der Waals surface area contributed by atoms with E-state index in [1.54, 1.807) is 23.1 Å². The van der Waals surface area contributed by atoms with Crippen LogP contribution >= 0.6 is 12.2 Å². The third-order valence-corrected chi connectivity index (χ3v) is 2.25. The van der Waals surface area contributed by atoms with Crippen LogP contribution < -0.4 is 16.4 Å². The average Bonchev–Trinajstić information content (AvgIpc) is 2.25. The third-order valence-electron chi connectivity index (χ3n) is 2.04. The Morgan fingerprint density at radius 3 is 2.69 bits per heavy atom. The van der Waals surface area contributed by atoms with Gasteiger partial charge in [0.15, 0.2) is 0 Å². The highest BCUT2D eigenvalue weighted by Gasteiger charge is 2.09. The van der Waals surface area contributed by atoms with Gasteiger partial charge in [-0.05, 0) is 19.1 Å². The number of likely N-dealkylation sites (N-methyl/N-ethyl adjacent to an activating group) is 1. The SMILES string of the molecule is CCN(CC(N)=O)c1cccc(C(N)=S)n1. The Kier molecular flexibility index (Phi) is 4.19. The quantitative estimate of drug-likeness (QED) is 0.707. The van der Waals surface area contributed by atoms with Crippen molar-refractivity contribution in [2.75, 3.05) is 18.0 Å². The molecule has 1 amide bonds. The van der Waals surface area contributed by atoms with Gasteiger partial charge in [-0.25, -0.2) is 4.98 Å². The lowest BCUT2D eigenvalue weighted by molar-refractivity contribution is -0.116. The second-order valence-electron chi connectivity index (χ2n) is 3.23. The number of hydrogen-bond acceptors (Lipinski definition) is 4. The zero-order valence-corrected chi connectivity index (χ0v) is 9.83. The molecule has 0 saturated heterocycles. The van der Waals surface area contributed by atoms with Crippen LogP contribution in [0.2, 0.25) is 0 Å². The minimum absolute atomic E-state index is 0.129. The van der Waals surface area contributed by atoms with Crippen LogP contribution in [0.4, 0.5) is 5.82 Å². The minimum Gasteiger partial charge on any atom is -0.388 e. The number of pyridine rings is 1. The Hall–Kier alpha value is -1.69. The Morgan fingerprint density at radius 1 is 1.50 bits per heavy atom. The molecule has 0 saturated carbocycles. The summed E-state index contributed by atoms with van der Waals surface area (Å²) in [5.74, 6) is 0.246. The molecule has 5 nitrogen and oxygen atoms in total. The normalized spacial score (nSPS) is 9.81. The molecule has 1 aromatic rings. The lowest BCUT2D eigenvalue weighted by Gasteiger charge is -2.20. The van der Waals surface area contributed by atoms with Gasteiger partial charge in [0, 0.05) is 6.54 Å². The Morgan fingerprint density at radius 2 is 2.19 bits per heavy atom. The molecule has 86 valence electrons. The van der Waals surface area contributed by atoms with Crippen LogP contribution in [0.15, 0.2) is 18.2 Å². The van der Waals surface area contributed by atoms with Crippen molar-refractivity contribution in [3.8, 4) is 0 Å². The van der Waals surface area contributed by atoms with E-state index in [9.17, 15) is 4.79 Å². The fourth-order valence-corrected chi connectivity index (χ4v) is 1.39. The molecule has 0 aliphatic carbocycles. The molecule has 1 rings (SSSR count). The molecule has 0 aliphatic rings. The molecule has 1 heterocycles. The fraction of sp³-hybridized carbons (Fsp3) is 0.300. The first-order valence-electron chi connectivity index (χ1n) is 4.84. The van der Waals surface area contributed by atoms with Crippen LogP contribution in [0.25, 0.3) is 0 Å². The summed E-state index contributed by atoms with van der Waals surface area (Å²) in [5.41, 5.74) is 11.2. The first-order valence-corrected chi connectivity index (χ1v) is 5.25. The number of thiocarbonyl (C=S) groups is 1. The van der Waals surface area contributed by atoms with Crippen LogP contribution in [0.3, 0.4) is 0 Å². The van der Waals surface area contributed by atoms with E-state index < -0.39 is 5.91 Å². The van der Waals surface area contributed by atoms with Gasteiger partial charge in [-0.15, -0.1) is 0 Å². The fourth-order valence-electron chi connectivity index (χ4n) is 1.28. The minimum atomic E-state index is -0.399. The molecule has 16 heavy (non-hydrogen) atoms. The van der Waals surface area contributed by atoms with E-state index in [0.29, 0.717) is 18.1 Å². The van der Waals surface area contributed by atoms with E-state index in [2.05, 4.69) is 4.98 Å². The number of nitrogens with zero attached hydrogens (tertiary/aromatic N) is 2. The first-order chi connectivity index (χ1) is 7.54. The van der Waals surface area contributed by atoms with E-state index in [1.165, 1.54) is 0 Å². The second kappa shape index (κ2) is 5.41. The van der Waals surface area contributed by atoms with Crippen molar-refractivity contribution in [1.29, 1.82) is 0 Å². The molecule has 0 aliphatic heterocycles. The highest BCUT2D eigenvalue weighted by atomic mass is 32.1. The number of carbonyl (C=O) groups is 1. The van der Waals surface area contributed by atoms with Crippen molar-refractivity contribution >= 4 is 28.9 Å². The van der Waals surface area contributed by atoms with E-state index in [4.69, 9.17) is 23.7 Å². The van der Waals surface area contributed by atoms with Crippen molar-refractivity contribution in [2.45, 2.75) is 6.92 Å². The smallest absolute Gasteiger partial charge is 0.236 e. The molecule has 6 heteroatoms. The number of amides is 1. The molecule has 0 bridgehead atoms. The van der Waals surface area contributed by atoms with Gasteiger partial charge in [0.2, 0.25) is 5.91 Å². The first kappa shape index (κ1) is 12.4. The van der Waals surface area contributed by atoms with Crippen LogP contribution in [0.1, 0.15) is 12.6 Å². The average molecular weight is 238 g/mol. The van der Waals surface area contributed by atoms with Gasteiger partial charge >= 0.3 is 0 Å². The van der Waals surface area contributed by atoms with Crippen molar-refractivity contribution in [3.05, 3.63) is 23.9 Å². The van der Waals surface area contributed by atoms with Crippen molar-refractivity contribution in [2.24, 2.45) is 11.5 Å². The topological polar surface area (TPSA) is 85.2 Å². The maximum atomic E-state index is 10.9. The maximum Gasteiger partial charge on any atom is 0.236 e. The number of primary amides is 1. The number of anilines is 1. The number of nitrogens with two attached hydrogens (primary N) is 2. The Bertz CT molecular complexity index is 408. The zero-order chi connectivity index (χ0) is 12.1. The number of aromatic nitrogens is 1. The monoisotopic (exact) mass is 238 g/mol. The standard InChI is InChI=1S/C10H14N4OS/c1-2-14(6-8(11)15)9-5-3-4-7(13-9)10(12)16/h3-5H,2,6H2,1H3,(H2,11,15)(H2,12,16). The lowest BCUT2D eigenvalue weighted by Crippen LogP contribution is -2.34. The van der Waals surface area contributed by atoms with Gasteiger partial charge in [0.05, 0.1) is 12.2 Å². The molecule has 0 fully saturated rings. The predicted molar refractivity (Wildman–Crippen MR) is 67.2 cm³/mol. The summed E-state index contributed by atoms with van der Waals surface area (Å²) in [4.78, 5) is 17.1. The highest BCUT2D eigenvalue weighted by molar-refractivity contribution is 7.80. The summed E-state index contributed by atoms with van der Waals surface area (Å²) in [6, 6.07) is 5.30. The Labute approximate surface area is 99.4 Å². The van der Waals surface area contributed by atoms with Crippen molar-refractivity contribution in [1.82, 2.24) is 4.98 Å². The molecule has 0 spiro atoms. The summed E-state index contributed by atoms with van der Waals surface area (Å²) in [5, 5.41) is 0. The van der Waals surface area contributed by atoms with Gasteiger partial charge in [-0.3, -0.25) is 4.79 Å². The van der Waals surface area contributed by atoms with Crippen molar-refractivity contribution < 1.29 is 4.79 Å². The molecule has 0 aromatic carbocycles. The van der Waals surface area contributed by atoms with E-state index in [-0.39, 0.29) is 11.5 Å². The molecule has 0 atom stereocenters. The maximum absolute atomic E-state index is 10.9. The zero-order valence-electron chi connectivity index (χ0n) is 9.01. The van der Waals surface area contributed by atoms with Gasteiger partial charge in [0.1, 0.15) is 10.8 Å². The molecule has 1 aromatic heterocycles. The molecule has 0 radical (unpaired) electrons. The van der Waals surface area contributed by atoms with Crippen LogP contribution in [-0.2, 0) is 4.79 Å². The lowest BCUT2D eigenvalue weighted by atomic mass is 10.3. The van der Waals surface area contributed by atoms with Crippen LogP contribution in [0, 0.1) is 0 Å². The van der Waals surface area contributed by atoms with Gasteiger partial charge in [0.25, 0.3) is 0 Å². The van der Waals surface area contributed by atoms with Gasteiger partial charge in [-0.1, -0.05) is 18.3 Å². The summed E-state index contributed by atoms with van der Waals surface area (Å²) in [7, 11) is 0. The van der Waals surface area contributed by atoms with Gasteiger partial charge in [-0.2, -0.15) is 0 Å². The highest BCUT2D eigenvalue weighted by Crippen LogP contribution is 2.10. The molecule has 0 unspecified atom stereocenters. The van der Waals surface area contributed by atoms with Crippen molar-refractivity contribution in [3.63, 3.8) is 0 Å². The Balaban J connectivity index is 2.96. The third kappa shape index (κ3) is 3.16. The van der Waals surface area contributed by atoms with E-state index in [0.717, 1.165) is 0 Å². The van der Waals surface area contributed by atoms with E-state index >= 15 is 0 Å². The number of carbonyl (C=O) groups excluding carboxylic acids is 1. The summed E-state index contributed by atoms with van der Waals surface area (Å²) < 4.78 is 0. The number of rotatable bonds is 5. The predicted octanol–water partition coefficient (Wildman–Crippen LogP) is 0.0274. The summed E-state index contributed by atoms with van der Waals surface area (Å²) in [6.07, 6.45) is 0. The van der Waals surface area contributed by atoms with Crippen LogP contribution in [0.5, 0.6) is 0 Å². The molecular formula is C10H14N4OS. The number of hydrogen-bond donors (Lipinski definition) is 2. The molecule has 4 N–H and O–H groups in total. The summed E-state index contributed by atoms with van der Waals surface area (Å²) in [6.45, 7) is 2.68. The van der Waals surface area contributed by atoms with Gasteiger partial charge < -0.3 is 16.4 Å². The van der Waals surface area contributed by atoms with E-state index in [1.807, 2.05) is 6.92 Å². The van der Waals surface area contributed by atoms with Crippen LogP contribution in [-0.4, -0.2) is 29.0 Å².